The van der Waals surface area contributed by atoms with Crippen LogP contribution in [0.4, 0.5) is 10.1 Å². The number of hydrogen-bond acceptors (Lipinski definition) is 3. The van der Waals surface area contributed by atoms with Gasteiger partial charge in [-0.3, -0.25) is 0 Å². The third kappa shape index (κ3) is 6.21. The Morgan fingerprint density at radius 1 is 1.15 bits per heavy atom. The fourth-order valence-corrected chi connectivity index (χ4v) is 2.27. The van der Waals surface area contributed by atoms with E-state index in [-0.39, 0.29) is 42.3 Å². The summed E-state index contributed by atoms with van der Waals surface area (Å²) in [5.74, 6) is 0.656. The van der Waals surface area contributed by atoms with E-state index in [1.165, 1.54) is 17.7 Å². The molecule has 2 aromatic carbocycles. The van der Waals surface area contributed by atoms with Crippen LogP contribution >= 0.6 is 24.0 Å². The van der Waals surface area contributed by atoms with Crippen LogP contribution in [0.2, 0.25) is 0 Å². The van der Waals surface area contributed by atoms with Gasteiger partial charge in [-0.25, -0.2) is 14.4 Å². The monoisotopic (exact) mass is 478 g/mol. The van der Waals surface area contributed by atoms with Crippen molar-refractivity contribution in [2.24, 2.45) is 10.7 Å². The molecule has 0 radical (unpaired) electrons. The predicted molar refractivity (Wildman–Crippen MR) is 116 cm³/mol. The van der Waals surface area contributed by atoms with Gasteiger partial charge in [0.2, 0.25) is 5.88 Å². The number of aryl methyl sites for hydroxylation is 1. The Morgan fingerprint density at radius 2 is 1.93 bits per heavy atom. The molecule has 0 fully saturated rings. The minimum absolute atomic E-state index is 0. The molecule has 1 aromatic heterocycles. The molecule has 7 heteroatoms. The van der Waals surface area contributed by atoms with E-state index in [9.17, 15) is 4.39 Å². The van der Waals surface area contributed by atoms with Gasteiger partial charge in [-0.2, -0.15) is 0 Å². The molecule has 140 valence electrons. The maximum Gasteiger partial charge on any atom is 0.224 e. The third-order valence-electron chi connectivity index (χ3n) is 3.60. The molecule has 3 N–H and O–H groups in total. The first-order chi connectivity index (χ1) is 12.6. The van der Waals surface area contributed by atoms with Gasteiger partial charge < -0.3 is 15.8 Å². The summed E-state index contributed by atoms with van der Waals surface area (Å²) in [6, 6.07) is 17.4. The molecule has 1 heterocycles. The zero-order valence-electron chi connectivity index (χ0n) is 14.7. The van der Waals surface area contributed by atoms with Crippen LogP contribution in [0.15, 0.2) is 71.9 Å². The predicted octanol–water partition coefficient (Wildman–Crippen LogP) is 4.87. The van der Waals surface area contributed by atoms with E-state index < -0.39 is 0 Å². The number of aromatic nitrogens is 1. The fraction of sp³-hybridized carbons (Fsp3) is 0.100. The topological polar surface area (TPSA) is 72.5 Å². The lowest BCUT2D eigenvalue weighted by Crippen LogP contribution is -2.22. The van der Waals surface area contributed by atoms with Gasteiger partial charge in [0.1, 0.15) is 11.6 Å². The molecular formula is C20H20FIN4O. The first-order valence-electron chi connectivity index (χ1n) is 8.11. The number of nitrogens with two attached hydrogens (primary N) is 1. The van der Waals surface area contributed by atoms with E-state index in [2.05, 4.69) is 15.3 Å². The Balaban J connectivity index is 0.00000261. The molecule has 0 bridgehead atoms. The van der Waals surface area contributed by atoms with Gasteiger partial charge in [0.25, 0.3) is 0 Å². The average molecular weight is 478 g/mol. The van der Waals surface area contributed by atoms with E-state index in [4.69, 9.17) is 10.5 Å². The number of anilines is 1. The Morgan fingerprint density at radius 3 is 2.67 bits per heavy atom. The van der Waals surface area contributed by atoms with E-state index in [0.29, 0.717) is 11.6 Å². The number of rotatable bonds is 5. The second-order valence-electron chi connectivity index (χ2n) is 5.72. The summed E-state index contributed by atoms with van der Waals surface area (Å²) >= 11 is 0. The number of aliphatic imine (C=N–C) groups is 1. The second kappa shape index (κ2) is 9.86. The Hall–Kier alpha value is -2.68. The Kier molecular flexibility index (Phi) is 7.54. The van der Waals surface area contributed by atoms with Crippen LogP contribution in [0.5, 0.6) is 11.6 Å². The molecule has 0 aliphatic heterocycles. The van der Waals surface area contributed by atoms with Crippen molar-refractivity contribution in [3.05, 3.63) is 83.8 Å². The highest BCUT2D eigenvalue weighted by atomic mass is 127. The Bertz CT molecular complexity index is 916. The number of guanidine groups is 1. The summed E-state index contributed by atoms with van der Waals surface area (Å²) in [6.07, 6.45) is 1.61. The van der Waals surface area contributed by atoms with E-state index in [1.807, 2.05) is 37.3 Å². The molecule has 0 spiro atoms. The van der Waals surface area contributed by atoms with Crippen molar-refractivity contribution < 1.29 is 9.13 Å². The minimum atomic E-state index is -0.371. The van der Waals surface area contributed by atoms with Crippen LogP contribution in [0, 0.1) is 12.7 Å². The summed E-state index contributed by atoms with van der Waals surface area (Å²) < 4.78 is 19.0. The molecular weight excluding hydrogens is 458 g/mol. The molecule has 3 aromatic rings. The SMILES string of the molecule is Cc1ccc(NC(N)=NCc2cccnc2Oc2cccc(F)c2)cc1.I. The van der Waals surface area contributed by atoms with Crippen LogP contribution in [-0.2, 0) is 6.54 Å². The van der Waals surface area contributed by atoms with E-state index >= 15 is 0 Å². The van der Waals surface area contributed by atoms with Crippen molar-refractivity contribution in [1.29, 1.82) is 0 Å². The molecule has 0 saturated carbocycles. The molecule has 0 unspecified atom stereocenters. The van der Waals surface area contributed by atoms with Crippen LogP contribution in [0.25, 0.3) is 0 Å². The second-order valence-corrected chi connectivity index (χ2v) is 5.72. The van der Waals surface area contributed by atoms with Crippen molar-refractivity contribution in [3.63, 3.8) is 0 Å². The number of nitrogens with zero attached hydrogens (tertiary/aromatic N) is 2. The highest BCUT2D eigenvalue weighted by Gasteiger charge is 2.07. The Labute approximate surface area is 174 Å². The van der Waals surface area contributed by atoms with Crippen LogP contribution < -0.4 is 15.8 Å². The lowest BCUT2D eigenvalue weighted by atomic mass is 10.2. The number of pyridine rings is 1. The molecule has 0 amide bonds. The van der Waals surface area contributed by atoms with Crippen molar-refractivity contribution in [3.8, 4) is 11.6 Å². The highest BCUT2D eigenvalue weighted by Crippen LogP contribution is 2.24. The van der Waals surface area contributed by atoms with E-state index in [0.717, 1.165) is 11.3 Å². The molecule has 5 nitrogen and oxygen atoms in total. The van der Waals surface area contributed by atoms with Crippen molar-refractivity contribution in [2.75, 3.05) is 5.32 Å². The zero-order valence-corrected chi connectivity index (χ0v) is 17.1. The quantitative estimate of drug-likeness (QED) is 0.312. The number of nitrogens with one attached hydrogen (secondary N) is 1. The van der Waals surface area contributed by atoms with Gasteiger partial charge in [0, 0.05) is 23.5 Å². The molecule has 27 heavy (non-hydrogen) atoms. The maximum absolute atomic E-state index is 13.3. The molecule has 0 saturated heterocycles. The van der Waals surface area contributed by atoms with Gasteiger partial charge >= 0.3 is 0 Å². The lowest BCUT2D eigenvalue weighted by molar-refractivity contribution is 0.452. The van der Waals surface area contributed by atoms with Crippen LogP contribution in [0.1, 0.15) is 11.1 Å². The minimum Gasteiger partial charge on any atom is -0.439 e. The van der Waals surface area contributed by atoms with Gasteiger partial charge in [-0.1, -0.05) is 29.8 Å². The van der Waals surface area contributed by atoms with E-state index in [1.54, 1.807) is 24.4 Å². The number of benzene rings is 2. The molecule has 3 rings (SSSR count). The van der Waals surface area contributed by atoms with Crippen molar-refractivity contribution in [2.45, 2.75) is 13.5 Å². The first-order valence-corrected chi connectivity index (χ1v) is 8.11. The zero-order chi connectivity index (χ0) is 18.4. The molecule has 0 aliphatic carbocycles. The summed E-state index contributed by atoms with van der Waals surface area (Å²) in [7, 11) is 0. The first kappa shape index (κ1) is 20.6. The van der Waals surface area contributed by atoms with Crippen molar-refractivity contribution >= 4 is 35.6 Å². The van der Waals surface area contributed by atoms with Crippen LogP contribution in [0.3, 0.4) is 0 Å². The normalized spacial score (nSPS) is 10.8. The van der Waals surface area contributed by atoms with Crippen molar-refractivity contribution in [1.82, 2.24) is 4.98 Å². The van der Waals surface area contributed by atoms with Gasteiger partial charge in [0.05, 0.1) is 6.54 Å². The number of ether oxygens (including phenoxy) is 1. The third-order valence-corrected chi connectivity index (χ3v) is 3.60. The maximum atomic E-state index is 13.3. The summed E-state index contributed by atoms with van der Waals surface area (Å²) in [5, 5.41) is 3.03. The van der Waals surface area contributed by atoms with Gasteiger partial charge in [-0.15, -0.1) is 24.0 Å². The molecule has 0 atom stereocenters. The largest absolute Gasteiger partial charge is 0.439 e. The standard InChI is InChI=1S/C20H19FN4O.HI/c1-14-7-9-17(10-8-14)25-20(22)24-13-15-4-3-11-23-19(15)26-18-6-2-5-16(21)12-18;/h2-12H,13H2,1H3,(H3,22,24,25);1H. The van der Waals surface area contributed by atoms with Crippen LogP contribution in [-0.4, -0.2) is 10.9 Å². The molecule has 0 aliphatic rings. The summed E-state index contributed by atoms with van der Waals surface area (Å²) in [5.41, 5.74) is 8.71. The fourth-order valence-electron chi connectivity index (χ4n) is 2.27. The smallest absolute Gasteiger partial charge is 0.224 e. The van der Waals surface area contributed by atoms with Gasteiger partial charge in [0.15, 0.2) is 5.96 Å². The average Bonchev–Trinajstić information content (AvgIpc) is 2.63. The summed E-state index contributed by atoms with van der Waals surface area (Å²) in [4.78, 5) is 8.52. The highest BCUT2D eigenvalue weighted by molar-refractivity contribution is 14.0. The number of halogens is 2. The van der Waals surface area contributed by atoms with Gasteiger partial charge in [-0.05, 0) is 37.3 Å². The lowest BCUT2D eigenvalue weighted by Gasteiger charge is -2.09. The summed E-state index contributed by atoms with van der Waals surface area (Å²) in [6.45, 7) is 2.30. The number of hydrogen-bond donors (Lipinski definition) is 2.